The number of carbonyl (C=O) groups excluding carboxylic acids is 2. The molecule has 0 heterocycles. The molecule has 0 saturated heterocycles. The van der Waals surface area contributed by atoms with Gasteiger partial charge in [-0.1, -0.05) is 44.5 Å². The van der Waals surface area contributed by atoms with E-state index in [1.165, 1.54) is 17.7 Å². The number of esters is 1. The Kier molecular flexibility index (Phi) is 7.40. The first-order chi connectivity index (χ1) is 13.1. The third kappa shape index (κ3) is 6.85. The van der Waals surface area contributed by atoms with E-state index >= 15 is 0 Å². The predicted octanol–water partition coefficient (Wildman–Crippen LogP) is 4.73. The van der Waals surface area contributed by atoms with E-state index in [0.717, 1.165) is 6.07 Å². The minimum absolute atomic E-state index is 0.0106. The third-order valence-electron chi connectivity index (χ3n) is 3.86. The maximum Gasteiger partial charge on any atom is 0.309 e. The molecular formula is C21H23ClFNO4. The molecule has 0 radical (unpaired) electrons. The zero-order valence-electron chi connectivity index (χ0n) is 16.1. The summed E-state index contributed by atoms with van der Waals surface area (Å²) in [7, 11) is 0. The lowest BCUT2D eigenvalue weighted by Crippen LogP contribution is -2.21. The summed E-state index contributed by atoms with van der Waals surface area (Å²) in [5.41, 5.74) is 1.56. The van der Waals surface area contributed by atoms with Gasteiger partial charge in [0, 0.05) is 5.69 Å². The molecule has 1 amide bonds. The molecule has 0 unspecified atom stereocenters. The maximum atomic E-state index is 13.1. The molecule has 0 saturated carbocycles. The lowest BCUT2D eigenvalue weighted by Gasteiger charge is -2.19. The number of amides is 1. The van der Waals surface area contributed by atoms with E-state index in [0.29, 0.717) is 11.4 Å². The van der Waals surface area contributed by atoms with Gasteiger partial charge in [-0.3, -0.25) is 9.59 Å². The van der Waals surface area contributed by atoms with Gasteiger partial charge in [0.25, 0.3) is 5.91 Å². The summed E-state index contributed by atoms with van der Waals surface area (Å²) in [5, 5.41) is 2.36. The largest absolute Gasteiger partial charge is 0.493 e. The summed E-state index contributed by atoms with van der Waals surface area (Å²) in [6.45, 7) is 6.07. The van der Waals surface area contributed by atoms with Crippen molar-refractivity contribution in [2.75, 3.05) is 18.5 Å². The fourth-order valence-electron chi connectivity index (χ4n) is 2.29. The van der Waals surface area contributed by atoms with Crippen molar-refractivity contribution in [3.8, 4) is 5.75 Å². The molecule has 2 aromatic carbocycles. The van der Waals surface area contributed by atoms with Crippen molar-refractivity contribution < 1.29 is 23.5 Å². The van der Waals surface area contributed by atoms with Crippen molar-refractivity contribution in [1.82, 2.24) is 0 Å². The number of hydrogen-bond donors (Lipinski definition) is 1. The van der Waals surface area contributed by atoms with Crippen molar-refractivity contribution in [3.63, 3.8) is 0 Å². The Bertz CT molecular complexity index is 831. The molecule has 0 spiro atoms. The van der Waals surface area contributed by atoms with Crippen molar-refractivity contribution in [2.24, 2.45) is 0 Å². The van der Waals surface area contributed by atoms with Crippen LogP contribution < -0.4 is 10.1 Å². The normalized spacial score (nSPS) is 11.0. The van der Waals surface area contributed by atoms with Crippen LogP contribution in [0.25, 0.3) is 0 Å². The van der Waals surface area contributed by atoms with Crippen LogP contribution in [-0.2, 0) is 19.7 Å². The Balaban J connectivity index is 1.69. The van der Waals surface area contributed by atoms with Gasteiger partial charge < -0.3 is 14.8 Å². The van der Waals surface area contributed by atoms with E-state index in [9.17, 15) is 14.0 Å². The van der Waals surface area contributed by atoms with Gasteiger partial charge in [0.05, 0.1) is 18.1 Å². The number of ether oxygens (including phenoxy) is 2. The highest BCUT2D eigenvalue weighted by atomic mass is 35.5. The molecule has 2 aromatic rings. The lowest BCUT2D eigenvalue weighted by molar-refractivity contribution is -0.147. The number of halogens is 2. The first-order valence-electron chi connectivity index (χ1n) is 8.79. The first kappa shape index (κ1) is 21.7. The average molecular weight is 408 g/mol. The standard InChI is InChI=1S/C21H23ClFNO4/c1-21(2,3)14-4-7-16(8-5-14)27-11-10-20(26)28-13-19(25)24-15-6-9-18(23)17(22)12-15/h4-9,12H,10-11,13H2,1-3H3,(H,24,25). The van der Waals surface area contributed by atoms with E-state index in [2.05, 4.69) is 26.1 Å². The van der Waals surface area contributed by atoms with Crippen LogP contribution in [0.2, 0.25) is 5.02 Å². The van der Waals surface area contributed by atoms with Crippen molar-refractivity contribution in [1.29, 1.82) is 0 Å². The summed E-state index contributed by atoms with van der Waals surface area (Å²) >= 11 is 5.64. The number of anilines is 1. The van der Waals surface area contributed by atoms with Crippen molar-refractivity contribution in [3.05, 3.63) is 58.9 Å². The maximum absolute atomic E-state index is 13.1. The SMILES string of the molecule is CC(C)(C)c1ccc(OCCC(=O)OCC(=O)Nc2ccc(F)c(Cl)c2)cc1. The number of benzene rings is 2. The van der Waals surface area contributed by atoms with Gasteiger partial charge in [0.15, 0.2) is 6.61 Å². The molecule has 0 aliphatic carbocycles. The van der Waals surface area contributed by atoms with Gasteiger partial charge in [-0.2, -0.15) is 0 Å². The number of hydrogen-bond acceptors (Lipinski definition) is 4. The Morgan fingerprint density at radius 2 is 1.79 bits per heavy atom. The van der Waals surface area contributed by atoms with E-state index in [1.807, 2.05) is 24.3 Å². The summed E-state index contributed by atoms with van der Waals surface area (Å²) in [6.07, 6.45) is 0.0106. The molecule has 0 aromatic heterocycles. The average Bonchev–Trinajstić information content (AvgIpc) is 2.63. The lowest BCUT2D eigenvalue weighted by atomic mass is 9.87. The van der Waals surface area contributed by atoms with Gasteiger partial charge in [0.2, 0.25) is 0 Å². The van der Waals surface area contributed by atoms with Crippen molar-refractivity contribution >= 4 is 29.2 Å². The second-order valence-corrected chi connectivity index (χ2v) is 7.62. The Labute approximate surface area is 168 Å². The second-order valence-electron chi connectivity index (χ2n) is 7.21. The molecule has 28 heavy (non-hydrogen) atoms. The van der Waals surface area contributed by atoms with Crippen LogP contribution in [0.15, 0.2) is 42.5 Å². The van der Waals surface area contributed by atoms with Gasteiger partial charge in [-0.05, 0) is 41.3 Å². The fraction of sp³-hybridized carbons (Fsp3) is 0.333. The van der Waals surface area contributed by atoms with Gasteiger partial charge in [-0.25, -0.2) is 4.39 Å². The van der Waals surface area contributed by atoms with Crippen LogP contribution in [-0.4, -0.2) is 25.1 Å². The summed E-state index contributed by atoms with van der Waals surface area (Å²) in [6, 6.07) is 11.4. The zero-order chi connectivity index (χ0) is 20.7. The van der Waals surface area contributed by atoms with Gasteiger partial charge >= 0.3 is 5.97 Å². The highest BCUT2D eigenvalue weighted by Crippen LogP contribution is 2.24. The Morgan fingerprint density at radius 1 is 1.11 bits per heavy atom. The molecule has 0 fully saturated rings. The predicted molar refractivity (Wildman–Crippen MR) is 106 cm³/mol. The molecule has 0 aliphatic heterocycles. The first-order valence-corrected chi connectivity index (χ1v) is 9.17. The van der Waals surface area contributed by atoms with Crippen LogP contribution in [0.5, 0.6) is 5.75 Å². The monoisotopic (exact) mass is 407 g/mol. The van der Waals surface area contributed by atoms with Crippen LogP contribution in [0, 0.1) is 5.82 Å². The van der Waals surface area contributed by atoms with Crippen LogP contribution in [0.4, 0.5) is 10.1 Å². The van der Waals surface area contributed by atoms with E-state index < -0.39 is 24.3 Å². The van der Waals surface area contributed by atoms with Crippen LogP contribution in [0.1, 0.15) is 32.8 Å². The second kappa shape index (κ2) is 9.55. The quantitative estimate of drug-likeness (QED) is 0.674. The van der Waals surface area contributed by atoms with E-state index in [1.54, 1.807) is 0 Å². The number of carbonyl (C=O) groups is 2. The molecule has 5 nitrogen and oxygen atoms in total. The van der Waals surface area contributed by atoms with E-state index in [-0.39, 0.29) is 23.5 Å². The summed E-state index contributed by atoms with van der Waals surface area (Å²) < 4.78 is 23.5. The van der Waals surface area contributed by atoms with Crippen LogP contribution >= 0.6 is 11.6 Å². The molecule has 7 heteroatoms. The number of nitrogens with one attached hydrogen (secondary N) is 1. The van der Waals surface area contributed by atoms with Crippen LogP contribution in [0.3, 0.4) is 0 Å². The minimum Gasteiger partial charge on any atom is -0.493 e. The Morgan fingerprint density at radius 3 is 2.39 bits per heavy atom. The highest BCUT2D eigenvalue weighted by molar-refractivity contribution is 6.31. The summed E-state index contributed by atoms with van der Waals surface area (Å²) in [5.74, 6) is -1.03. The number of rotatable bonds is 7. The molecule has 0 aliphatic rings. The smallest absolute Gasteiger partial charge is 0.309 e. The summed E-state index contributed by atoms with van der Waals surface area (Å²) in [4.78, 5) is 23.5. The molecule has 1 N–H and O–H groups in total. The van der Waals surface area contributed by atoms with Crippen molar-refractivity contribution in [2.45, 2.75) is 32.6 Å². The highest BCUT2D eigenvalue weighted by Gasteiger charge is 2.13. The molecule has 150 valence electrons. The van der Waals surface area contributed by atoms with E-state index in [4.69, 9.17) is 21.1 Å². The topological polar surface area (TPSA) is 64.6 Å². The van der Waals surface area contributed by atoms with Gasteiger partial charge in [0.1, 0.15) is 11.6 Å². The molecule has 0 bridgehead atoms. The molecule has 0 atom stereocenters. The molecular weight excluding hydrogens is 385 g/mol. The third-order valence-corrected chi connectivity index (χ3v) is 4.15. The Hall–Kier alpha value is -2.60. The zero-order valence-corrected chi connectivity index (χ0v) is 16.8. The fourth-order valence-corrected chi connectivity index (χ4v) is 2.47. The van der Waals surface area contributed by atoms with Gasteiger partial charge in [-0.15, -0.1) is 0 Å². The minimum atomic E-state index is -0.584. The molecule has 2 rings (SSSR count).